The molecule has 0 fully saturated rings. The largest absolute Gasteiger partial charge is 0.423 e. The lowest BCUT2D eigenvalue weighted by Crippen LogP contribution is -2.11. The fourth-order valence-electron chi connectivity index (χ4n) is 0.639. The molecule has 1 rings (SSSR count). The summed E-state index contributed by atoms with van der Waals surface area (Å²) in [6, 6.07) is 0. The van der Waals surface area contributed by atoms with E-state index in [0.717, 1.165) is 0 Å². The molecule has 0 saturated heterocycles. The van der Waals surface area contributed by atoms with Crippen LogP contribution in [0.15, 0.2) is 4.42 Å². The van der Waals surface area contributed by atoms with Gasteiger partial charge in [0.25, 0.3) is 0 Å². The predicted octanol–water partition coefficient (Wildman–Crippen LogP) is 0.826. The van der Waals surface area contributed by atoms with Gasteiger partial charge in [-0.25, -0.2) is 0 Å². The van der Waals surface area contributed by atoms with Crippen LogP contribution in [0, 0.1) is 0 Å². The second kappa shape index (κ2) is 2.62. The van der Waals surface area contributed by atoms with E-state index in [1.54, 1.807) is 0 Å². The number of hydrogen-bond donors (Lipinski definition) is 1. The van der Waals surface area contributed by atoms with Crippen LogP contribution in [0.1, 0.15) is 32.6 Å². The van der Waals surface area contributed by atoms with Crippen LogP contribution in [0.2, 0.25) is 0 Å². The van der Waals surface area contributed by atoms with Crippen LogP contribution in [0.3, 0.4) is 0 Å². The van der Waals surface area contributed by atoms with Crippen LogP contribution < -0.4 is 5.73 Å². The van der Waals surface area contributed by atoms with Gasteiger partial charge < -0.3 is 10.2 Å². The van der Waals surface area contributed by atoms with E-state index in [0.29, 0.717) is 18.3 Å². The predicted molar refractivity (Wildman–Crippen MR) is 40.9 cm³/mol. The summed E-state index contributed by atoms with van der Waals surface area (Å²) in [5, 5.41) is 7.62. The van der Waals surface area contributed by atoms with Gasteiger partial charge in [-0.3, -0.25) is 0 Å². The van der Waals surface area contributed by atoms with E-state index in [9.17, 15) is 0 Å². The van der Waals surface area contributed by atoms with E-state index < -0.39 is 0 Å². The van der Waals surface area contributed by atoms with Gasteiger partial charge in [-0.15, -0.1) is 10.2 Å². The van der Waals surface area contributed by atoms with Gasteiger partial charge in [0, 0.05) is 5.41 Å². The molecule has 0 saturated carbocycles. The van der Waals surface area contributed by atoms with Gasteiger partial charge in [-0.1, -0.05) is 20.8 Å². The van der Waals surface area contributed by atoms with Gasteiger partial charge in [0.05, 0.1) is 6.54 Å². The lowest BCUT2D eigenvalue weighted by Gasteiger charge is -2.10. The molecule has 4 nitrogen and oxygen atoms in total. The van der Waals surface area contributed by atoms with Gasteiger partial charge in [0.1, 0.15) is 0 Å². The maximum absolute atomic E-state index is 5.31. The van der Waals surface area contributed by atoms with Crippen LogP contribution in [-0.2, 0) is 12.0 Å². The molecule has 0 radical (unpaired) electrons. The van der Waals surface area contributed by atoms with Crippen molar-refractivity contribution in [1.82, 2.24) is 10.2 Å². The van der Waals surface area contributed by atoms with Crippen LogP contribution in [0.5, 0.6) is 0 Å². The van der Waals surface area contributed by atoms with Crippen molar-refractivity contribution in [1.29, 1.82) is 0 Å². The van der Waals surface area contributed by atoms with Gasteiger partial charge in [-0.05, 0) is 0 Å². The highest BCUT2D eigenvalue weighted by Crippen LogP contribution is 2.19. The third-order valence-electron chi connectivity index (χ3n) is 1.28. The smallest absolute Gasteiger partial charge is 0.230 e. The zero-order valence-corrected chi connectivity index (χ0v) is 7.09. The summed E-state index contributed by atoms with van der Waals surface area (Å²) in [5.74, 6) is 1.13. The summed E-state index contributed by atoms with van der Waals surface area (Å²) in [7, 11) is 0. The maximum atomic E-state index is 5.31. The minimum absolute atomic E-state index is 0.0829. The molecule has 4 heteroatoms. The maximum Gasteiger partial charge on any atom is 0.230 e. The molecule has 11 heavy (non-hydrogen) atoms. The van der Waals surface area contributed by atoms with Crippen molar-refractivity contribution in [3.05, 3.63) is 11.8 Å². The second-order valence-electron chi connectivity index (χ2n) is 3.46. The Morgan fingerprint density at radius 1 is 1.36 bits per heavy atom. The Morgan fingerprint density at radius 3 is 2.27 bits per heavy atom. The first-order valence-electron chi connectivity index (χ1n) is 3.57. The molecular formula is C7H13N3O. The van der Waals surface area contributed by atoms with E-state index in [-0.39, 0.29) is 5.41 Å². The van der Waals surface area contributed by atoms with Gasteiger partial charge >= 0.3 is 0 Å². The lowest BCUT2D eigenvalue weighted by molar-refractivity contribution is 0.372. The van der Waals surface area contributed by atoms with Crippen molar-refractivity contribution in [2.24, 2.45) is 5.73 Å². The van der Waals surface area contributed by atoms with Crippen molar-refractivity contribution < 1.29 is 4.42 Å². The highest BCUT2D eigenvalue weighted by atomic mass is 16.4. The van der Waals surface area contributed by atoms with Crippen LogP contribution in [-0.4, -0.2) is 10.2 Å². The van der Waals surface area contributed by atoms with E-state index in [4.69, 9.17) is 10.2 Å². The van der Waals surface area contributed by atoms with E-state index in [1.807, 2.05) is 20.8 Å². The summed E-state index contributed by atoms with van der Waals surface area (Å²) < 4.78 is 5.25. The molecule has 0 aliphatic heterocycles. The fourth-order valence-corrected chi connectivity index (χ4v) is 0.639. The molecule has 0 aromatic carbocycles. The third kappa shape index (κ3) is 1.77. The Hall–Kier alpha value is -0.900. The average molecular weight is 155 g/mol. The molecule has 0 spiro atoms. The van der Waals surface area contributed by atoms with Gasteiger partial charge in [0.2, 0.25) is 11.8 Å². The van der Waals surface area contributed by atoms with Crippen molar-refractivity contribution in [3.63, 3.8) is 0 Å². The Kier molecular flexibility index (Phi) is 1.95. The second-order valence-corrected chi connectivity index (χ2v) is 3.46. The Morgan fingerprint density at radius 2 is 2.00 bits per heavy atom. The molecule has 0 aliphatic rings. The molecule has 2 N–H and O–H groups in total. The Labute approximate surface area is 65.8 Å². The number of hydrogen-bond acceptors (Lipinski definition) is 4. The molecule has 1 heterocycles. The SMILES string of the molecule is CC(C)(C)c1nnc(CN)o1. The zero-order valence-electron chi connectivity index (χ0n) is 7.09. The molecule has 1 aromatic rings. The topological polar surface area (TPSA) is 64.9 Å². The Bertz CT molecular complexity index is 236. The normalized spacial score (nSPS) is 12.0. The molecule has 0 amide bonds. The minimum atomic E-state index is -0.0829. The average Bonchev–Trinajstić information content (AvgIpc) is 2.32. The molecule has 0 aliphatic carbocycles. The van der Waals surface area contributed by atoms with Crippen molar-refractivity contribution >= 4 is 0 Å². The summed E-state index contributed by atoms with van der Waals surface area (Å²) in [6.45, 7) is 6.35. The monoisotopic (exact) mass is 155 g/mol. The van der Waals surface area contributed by atoms with E-state index in [1.165, 1.54) is 0 Å². The molecule has 0 atom stereocenters. The van der Waals surface area contributed by atoms with Crippen molar-refractivity contribution in [2.75, 3.05) is 0 Å². The van der Waals surface area contributed by atoms with Crippen molar-refractivity contribution in [2.45, 2.75) is 32.7 Å². The standard InChI is InChI=1S/C7H13N3O/c1-7(2,3)6-10-9-5(4-8)11-6/h4,8H2,1-3H3. The molecule has 62 valence electrons. The first kappa shape index (κ1) is 8.20. The molecule has 0 bridgehead atoms. The molecular weight excluding hydrogens is 142 g/mol. The first-order chi connectivity index (χ1) is 5.04. The third-order valence-corrected chi connectivity index (χ3v) is 1.28. The summed E-state index contributed by atoms with van der Waals surface area (Å²) in [4.78, 5) is 0. The van der Waals surface area contributed by atoms with Gasteiger partial charge in [0.15, 0.2) is 0 Å². The van der Waals surface area contributed by atoms with E-state index >= 15 is 0 Å². The Balaban J connectivity index is 2.89. The number of nitrogens with zero attached hydrogens (tertiary/aromatic N) is 2. The lowest BCUT2D eigenvalue weighted by atomic mass is 9.97. The molecule has 0 unspecified atom stereocenters. The fraction of sp³-hybridized carbons (Fsp3) is 0.714. The highest BCUT2D eigenvalue weighted by molar-refractivity contribution is 4.95. The summed E-state index contributed by atoms with van der Waals surface area (Å²) >= 11 is 0. The summed E-state index contributed by atoms with van der Waals surface area (Å²) in [6.07, 6.45) is 0. The van der Waals surface area contributed by atoms with Crippen LogP contribution in [0.4, 0.5) is 0 Å². The van der Waals surface area contributed by atoms with Crippen LogP contribution >= 0.6 is 0 Å². The number of nitrogens with two attached hydrogens (primary N) is 1. The molecule has 1 aromatic heterocycles. The van der Waals surface area contributed by atoms with Crippen molar-refractivity contribution in [3.8, 4) is 0 Å². The van der Waals surface area contributed by atoms with Gasteiger partial charge in [-0.2, -0.15) is 0 Å². The highest BCUT2D eigenvalue weighted by Gasteiger charge is 2.20. The van der Waals surface area contributed by atoms with E-state index in [2.05, 4.69) is 10.2 Å². The minimum Gasteiger partial charge on any atom is -0.423 e. The first-order valence-corrected chi connectivity index (χ1v) is 3.57. The zero-order chi connectivity index (χ0) is 8.48. The number of rotatable bonds is 1. The summed E-state index contributed by atoms with van der Waals surface area (Å²) in [5.41, 5.74) is 5.23. The quantitative estimate of drug-likeness (QED) is 0.652. The number of aromatic nitrogens is 2. The van der Waals surface area contributed by atoms with Crippen LogP contribution in [0.25, 0.3) is 0 Å².